The Balaban J connectivity index is 1.60. The predicted octanol–water partition coefficient (Wildman–Crippen LogP) is 1.74. The van der Waals surface area contributed by atoms with E-state index in [4.69, 9.17) is 0 Å². The van der Waals surface area contributed by atoms with Gasteiger partial charge in [-0.1, -0.05) is 23.9 Å². The summed E-state index contributed by atoms with van der Waals surface area (Å²) in [6, 6.07) is 7.20. The Hall–Kier alpha value is -2.15. The Morgan fingerprint density at radius 1 is 1.36 bits per heavy atom. The highest BCUT2D eigenvalue weighted by atomic mass is 32.2. The van der Waals surface area contributed by atoms with Crippen LogP contribution in [0.2, 0.25) is 0 Å². The first-order chi connectivity index (χ1) is 10.6. The Labute approximate surface area is 130 Å². The molecule has 1 amide bonds. The van der Waals surface area contributed by atoms with Crippen molar-refractivity contribution in [1.82, 2.24) is 14.9 Å². The van der Waals surface area contributed by atoms with Gasteiger partial charge in [0.25, 0.3) is 5.56 Å². The third kappa shape index (κ3) is 3.19. The fraction of sp³-hybridized carbons (Fsp3) is 0.267. The average molecular weight is 319 g/mol. The summed E-state index contributed by atoms with van der Waals surface area (Å²) in [5.74, 6) is 0.219. The summed E-state index contributed by atoms with van der Waals surface area (Å²) >= 11 is 1.48. The van der Waals surface area contributed by atoms with Gasteiger partial charge in [-0.3, -0.25) is 14.2 Å². The number of hydrogen-bond donors (Lipinski definition) is 1. The maximum absolute atomic E-state index is 12.8. The van der Waals surface area contributed by atoms with Crippen molar-refractivity contribution in [2.75, 3.05) is 5.75 Å². The van der Waals surface area contributed by atoms with Crippen LogP contribution in [0.4, 0.5) is 4.39 Å². The van der Waals surface area contributed by atoms with Gasteiger partial charge >= 0.3 is 0 Å². The molecule has 0 aliphatic carbocycles. The van der Waals surface area contributed by atoms with Crippen molar-refractivity contribution in [1.29, 1.82) is 0 Å². The molecule has 1 aliphatic heterocycles. The summed E-state index contributed by atoms with van der Waals surface area (Å²) < 4.78 is 14.4. The number of carbonyl (C=O) groups is 1. The van der Waals surface area contributed by atoms with Gasteiger partial charge in [0.1, 0.15) is 5.82 Å². The monoisotopic (exact) mass is 319 g/mol. The minimum absolute atomic E-state index is 0.133. The second-order valence-electron chi connectivity index (χ2n) is 5.01. The van der Waals surface area contributed by atoms with E-state index < -0.39 is 0 Å². The van der Waals surface area contributed by atoms with Gasteiger partial charge in [0.15, 0.2) is 5.16 Å². The van der Waals surface area contributed by atoms with Gasteiger partial charge in [-0.25, -0.2) is 9.37 Å². The Morgan fingerprint density at radius 2 is 2.14 bits per heavy atom. The number of halogens is 1. The van der Waals surface area contributed by atoms with Crippen molar-refractivity contribution in [3.63, 3.8) is 0 Å². The molecule has 1 N–H and O–H groups in total. The summed E-state index contributed by atoms with van der Waals surface area (Å²) in [6.45, 7) is 0.341. The first-order valence-electron chi connectivity index (χ1n) is 6.85. The molecule has 114 valence electrons. The van der Waals surface area contributed by atoms with E-state index in [-0.39, 0.29) is 29.7 Å². The fourth-order valence-corrected chi connectivity index (χ4v) is 3.45. The Morgan fingerprint density at radius 3 is 2.91 bits per heavy atom. The topological polar surface area (TPSA) is 64.0 Å². The van der Waals surface area contributed by atoms with Crippen LogP contribution < -0.4 is 10.9 Å². The lowest BCUT2D eigenvalue weighted by molar-refractivity contribution is -0.121. The van der Waals surface area contributed by atoms with E-state index in [2.05, 4.69) is 10.3 Å². The number of rotatable bonds is 4. The average Bonchev–Trinajstić information content (AvgIpc) is 2.91. The first kappa shape index (κ1) is 14.8. The highest BCUT2D eigenvalue weighted by Crippen LogP contribution is 2.31. The molecule has 0 radical (unpaired) electrons. The Bertz CT molecular complexity index is 745. The molecule has 7 heteroatoms. The van der Waals surface area contributed by atoms with Crippen LogP contribution in [0, 0.1) is 5.82 Å². The third-order valence-corrected chi connectivity index (χ3v) is 4.55. The van der Waals surface area contributed by atoms with E-state index >= 15 is 0 Å². The van der Waals surface area contributed by atoms with Gasteiger partial charge in [-0.05, 0) is 17.7 Å². The minimum Gasteiger partial charge on any atom is -0.352 e. The van der Waals surface area contributed by atoms with Gasteiger partial charge in [0.2, 0.25) is 5.91 Å². The van der Waals surface area contributed by atoms with Gasteiger partial charge in [0.05, 0.1) is 6.04 Å². The molecule has 0 fully saturated rings. The standard InChI is InChI=1S/C15H14FN3O2S/c16-11-3-1-10(2-4-11)8-18-13(20)7-12-9-22-15-17-6-5-14(21)19(12)15/h1-6,12H,7-9H2,(H,18,20)/t12-/m1/s1. The predicted molar refractivity (Wildman–Crippen MR) is 81.1 cm³/mol. The first-order valence-corrected chi connectivity index (χ1v) is 7.83. The lowest BCUT2D eigenvalue weighted by atomic mass is 10.2. The van der Waals surface area contributed by atoms with E-state index in [1.807, 2.05) is 0 Å². The number of carbonyl (C=O) groups excluding carboxylic acids is 1. The molecule has 0 spiro atoms. The fourth-order valence-electron chi connectivity index (χ4n) is 2.33. The van der Waals surface area contributed by atoms with Crippen molar-refractivity contribution in [2.24, 2.45) is 0 Å². The molecule has 22 heavy (non-hydrogen) atoms. The van der Waals surface area contributed by atoms with Crippen LogP contribution in [0.25, 0.3) is 0 Å². The molecule has 1 aromatic heterocycles. The number of hydrogen-bond acceptors (Lipinski definition) is 4. The van der Waals surface area contributed by atoms with Crippen LogP contribution in [-0.2, 0) is 11.3 Å². The summed E-state index contributed by atoms with van der Waals surface area (Å²) in [5, 5.41) is 3.45. The van der Waals surface area contributed by atoms with Crippen LogP contribution in [-0.4, -0.2) is 21.2 Å². The maximum atomic E-state index is 12.8. The van der Waals surface area contributed by atoms with E-state index in [0.29, 0.717) is 17.5 Å². The largest absolute Gasteiger partial charge is 0.352 e. The van der Waals surface area contributed by atoms with Crippen molar-refractivity contribution >= 4 is 17.7 Å². The Kier molecular flexibility index (Phi) is 4.24. The van der Waals surface area contributed by atoms with Gasteiger partial charge in [-0.2, -0.15) is 0 Å². The smallest absolute Gasteiger partial charge is 0.254 e. The summed E-state index contributed by atoms with van der Waals surface area (Å²) in [7, 11) is 0. The highest BCUT2D eigenvalue weighted by molar-refractivity contribution is 7.99. The molecule has 5 nitrogen and oxygen atoms in total. The number of aromatic nitrogens is 2. The van der Waals surface area contributed by atoms with Gasteiger partial charge < -0.3 is 5.32 Å². The van der Waals surface area contributed by atoms with E-state index in [1.54, 1.807) is 16.7 Å². The van der Waals surface area contributed by atoms with Crippen molar-refractivity contribution < 1.29 is 9.18 Å². The van der Waals surface area contributed by atoms with Crippen molar-refractivity contribution in [3.05, 3.63) is 58.3 Å². The van der Waals surface area contributed by atoms with Crippen LogP contribution in [0.15, 0.2) is 46.5 Å². The van der Waals surface area contributed by atoms with E-state index in [1.165, 1.54) is 36.2 Å². The number of fused-ring (bicyclic) bond motifs is 1. The molecule has 1 atom stereocenters. The molecule has 0 unspecified atom stereocenters. The number of benzene rings is 1. The van der Waals surface area contributed by atoms with Crippen LogP contribution >= 0.6 is 11.8 Å². The van der Waals surface area contributed by atoms with Crippen molar-refractivity contribution in [3.8, 4) is 0 Å². The van der Waals surface area contributed by atoms with Gasteiger partial charge in [0, 0.05) is 31.0 Å². The molecule has 0 saturated heterocycles. The number of nitrogens with one attached hydrogen (secondary N) is 1. The van der Waals surface area contributed by atoms with Crippen LogP contribution in [0.3, 0.4) is 0 Å². The molecule has 2 aromatic rings. The number of amides is 1. The van der Waals surface area contributed by atoms with E-state index in [0.717, 1.165) is 5.56 Å². The maximum Gasteiger partial charge on any atom is 0.254 e. The molecule has 0 saturated carbocycles. The second-order valence-corrected chi connectivity index (χ2v) is 5.99. The zero-order valence-corrected chi connectivity index (χ0v) is 12.5. The molecule has 0 bridgehead atoms. The normalized spacial score (nSPS) is 16.3. The SMILES string of the molecule is O=C(C[C@@H]1CSc2nccc(=O)n21)NCc1ccc(F)cc1. The molecule has 3 rings (SSSR count). The molecule has 2 heterocycles. The summed E-state index contributed by atoms with van der Waals surface area (Å²) in [6.07, 6.45) is 1.71. The number of nitrogens with zero attached hydrogens (tertiary/aromatic N) is 2. The lowest BCUT2D eigenvalue weighted by Gasteiger charge is -2.12. The van der Waals surface area contributed by atoms with E-state index in [9.17, 15) is 14.0 Å². The van der Waals surface area contributed by atoms with Crippen LogP contribution in [0.1, 0.15) is 18.0 Å². The van der Waals surface area contributed by atoms with Crippen molar-refractivity contribution in [2.45, 2.75) is 24.2 Å². The van der Waals surface area contributed by atoms with Crippen LogP contribution in [0.5, 0.6) is 0 Å². The highest BCUT2D eigenvalue weighted by Gasteiger charge is 2.26. The zero-order valence-electron chi connectivity index (χ0n) is 11.7. The zero-order chi connectivity index (χ0) is 15.5. The number of thioether (sulfide) groups is 1. The molecular formula is C15H14FN3O2S. The minimum atomic E-state index is -0.304. The molecule has 1 aliphatic rings. The molecule has 1 aromatic carbocycles. The quantitative estimate of drug-likeness (QED) is 0.872. The summed E-state index contributed by atoms with van der Waals surface area (Å²) in [4.78, 5) is 28.0. The summed E-state index contributed by atoms with van der Waals surface area (Å²) in [5.41, 5.74) is 0.695. The lowest BCUT2D eigenvalue weighted by Crippen LogP contribution is -2.30. The molecular weight excluding hydrogens is 305 g/mol. The second kappa shape index (κ2) is 6.31. The third-order valence-electron chi connectivity index (χ3n) is 3.44. The van der Waals surface area contributed by atoms with Gasteiger partial charge in [-0.15, -0.1) is 0 Å².